The van der Waals surface area contributed by atoms with Crippen molar-refractivity contribution in [2.45, 2.75) is 37.1 Å². The number of nitrogens with zero attached hydrogens (tertiary/aromatic N) is 3. The molecule has 2 aromatic heterocycles. The number of fused-ring (bicyclic) bond motifs is 4. The molecule has 3 heterocycles. The summed E-state index contributed by atoms with van der Waals surface area (Å²) < 4.78 is 15.6. The normalized spacial score (nSPS) is 28.6. The average molecular weight is 353 g/mol. The summed E-state index contributed by atoms with van der Waals surface area (Å²) in [5.74, 6) is -0.446. The smallest absolute Gasteiger partial charge is 0.251 e. The van der Waals surface area contributed by atoms with Gasteiger partial charge in [0.25, 0.3) is 5.91 Å². The largest absolute Gasteiger partial charge is 0.366 e. The molecule has 0 radical (unpaired) electrons. The summed E-state index contributed by atoms with van der Waals surface area (Å²) in [4.78, 5) is 17.7. The van der Waals surface area contributed by atoms with Crippen LogP contribution in [-0.4, -0.2) is 44.5 Å². The first-order valence-corrected chi connectivity index (χ1v) is 9.30. The SMILES string of the molecule is NC(=O)c1cc(F)cc2[nH]c3c(C45CC4CN(C4CCC4)C5)cnn3c12. The van der Waals surface area contributed by atoms with Crippen molar-refractivity contribution in [2.75, 3.05) is 13.1 Å². The molecule has 6 nitrogen and oxygen atoms in total. The Hall–Kier alpha value is -2.41. The molecule has 3 aromatic rings. The number of hydrogen-bond donors (Lipinski definition) is 2. The van der Waals surface area contributed by atoms with E-state index in [2.05, 4.69) is 15.0 Å². The highest BCUT2D eigenvalue weighted by Crippen LogP contribution is 2.60. The van der Waals surface area contributed by atoms with E-state index in [-0.39, 0.29) is 11.0 Å². The number of halogens is 1. The third kappa shape index (κ3) is 1.74. The van der Waals surface area contributed by atoms with Crippen LogP contribution in [0.5, 0.6) is 0 Å². The van der Waals surface area contributed by atoms with Crippen molar-refractivity contribution in [1.29, 1.82) is 0 Å². The Labute approximate surface area is 149 Å². The summed E-state index contributed by atoms with van der Waals surface area (Å²) >= 11 is 0. The second kappa shape index (κ2) is 4.65. The molecule has 7 heteroatoms. The molecule has 1 saturated heterocycles. The highest BCUT2D eigenvalue weighted by atomic mass is 19.1. The molecular formula is C19H20FN5O. The van der Waals surface area contributed by atoms with Crippen molar-refractivity contribution in [2.24, 2.45) is 11.7 Å². The van der Waals surface area contributed by atoms with E-state index in [9.17, 15) is 9.18 Å². The molecule has 3 aliphatic rings. The summed E-state index contributed by atoms with van der Waals surface area (Å²) in [6.07, 6.45) is 7.09. The van der Waals surface area contributed by atoms with E-state index >= 15 is 0 Å². The van der Waals surface area contributed by atoms with Crippen molar-refractivity contribution >= 4 is 22.6 Å². The number of nitrogens with two attached hydrogens (primary N) is 1. The van der Waals surface area contributed by atoms with Gasteiger partial charge in [-0.3, -0.25) is 9.69 Å². The van der Waals surface area contributed by atoms with Crippen LogP contribution in [0.25, 0.3) is 16.7 Å². The minimum Gasteiger partial charge on any atom is -0.366 e. The zero-order chi connectivity index (χ0) is 17.6. The van der Waals surface area contributed by atoms with Gasteiger partial charge in [0, 0.05) is 30.1 Å². The molecule has 1 aliphatic heterocycles. The number of rotatable bonds is 3. The Bertz CT molecular complexity index is 1080. The van der Waals surface area contributed by atoms with E-state index < -0.39 is 11.7 Å². The van der Waals surface area contributed by atoms with Gasteiger partial charge < -0.3 is 10.7 Å². The molecule has 0 bridgehead atoms. The van der Waals surface area contributed by atoms with Gasteiger partial charge in [0.1, 0.15) is 17.0 Å². The lowest BCUT2D eigenvalue weighted by molar-refractivity contribution is 0.100. The first kappa shape index (κ1) is 14.7. The number of nitrogens with one attached hydrogen (secondary N) is 1. The van der Waals surface area contributed by atoms with Crippen molar-refractivity contribution in [3.05, 3.63) is 35.3 Å². The number of hydrogen-bond acceptors (Lipinski definition) is 3. The quantitative estimate of drug-likeness (QED) is 0.757. The van der Waals surface area contributed by atoms with E-state index in [1.807, 2.05) is 6.20 Å². The van der Waals surface area contributed by atoms with E-state index in [0.717, 1.165) is 18.2 Å². The van der Waals surface area contributed by atoms with Crippen molar-refractivity contribution in [1.82, 2.24) is 19.5 Å². The van der Waals surface area contributed by atoms with Crippen LogP contribution in [0, 0.1) is 11.7 Å². The number of aromatic amines is 1. The fourth-order valence-corrected chi connectivity index (χ4v) is 5.21. The third-order valence-electron chi connectivity index (χ3n) is 6.87. The Morgan fingerprint density at radius 3 is 2.96 bits per heavy atom. The van der Waals surface area contributed by atoms with Gasteiger partial charge in [-0.25, -0.2) is 8.91 Å². The Morgan fingerprint density at radius 1 is 1.38 bits per heavy atom. The van der Waals surface area contributed by atoms with Crippen LogP contribution in [0.3, 0.4) is 0 Å². The lowest BCUT2D eigenvalue weighted by Crippen LogP contribution is -2.40. The predicted molar refractivity (Wildman–Crippen MR) is 94.5 cm³/mol. The van der Waals surface area contributed by atoms with Crippen molar-refractivity contribution < 1.29 is 9.18 Å². The number of primary amides is 1. The fourth-order valence-electron chi connectivity index (χ4n) is 5.21. The maximum Gasteiger partial charge on any atom is 0.251 e. The van der Waals surface area contributed by atoms with Gasteiger partial charge in [0.05, 0.1) is 17.3 Å². The maximum absolute atomic E-state index is 13.9. The number of benzene rings is 1. The minimum atomic E-state index is -0.646. The summed E-state index contributed by atoms with van der Waals surface area (Å²) in [6, 6.07) is 3.34. The zero-order valence-electron chi connectivity index (χ0n) is 14.3. The summed E-state index contributed by atoms with van der Waals surface area (Å²) in [6.45, 7) is 2.25. The zero-order valence-corrected chi connectivity index (χ0v) is 14.3. The topological polar surface area (TPSA) is 79.4 Å². The van der Waals surface area contributed by atoms with Crippen LogP contribution in [-0.2, 0) is 5.41 Å². The number of H-pyrrole nitrogens is 1. The molecule has 1 amide bonds. The van der Waals surface area contributed by atoms with Gasteiger partial charge in [-0.1, -0.05) is 6.42 Å². The van der Waals surface area contributed by atoms with Gasteiger partial charge in [-0.05, 0) is 37.3 Å². The summed E-state index contributed by atoms with van der Waals surface area (Å²) in [7, 11) is 0. The highest BCUT2D eigenvalue weighted by Gasteiger charge is 2.63. The van der Waals surface area contributed by atoms with Gasteiger partial charge >= 0.3 is 0 Å². The van der Waals surface area contributed by atoms with Crippen LogP contribution in [0.15, 0.2) is 18.3 Å². The van der Waals surface area contributed by atoms with Gasteiger partial charge in [-0.15, -0.1) is 0 Å². The maximum atomic E-state index is 13.9. The van der Waals surface area contributed by atoms with Crippen molar-refractivity contribution in [3.8, 4) is 0 Å². The predicted octanol–water partition coefficient (Wildman–Crippen LogP) is 2.18. The van der Waals surface area contributed by atoms with E-state index in [0.29, 0.717) is 17.0 Å². The monoisotopic (exact) mass is 353 g/mol. The standard InChI is InChI=1S/C19H20FN5O/c20-11-4-13(17(21)26)16-15(5-11)23-18-14(7-22-25(16)18)19-6-10(19)8-24(9-19)12-2-1-3-12/h4-5,7,10,12,23H,1-3,6,8-9H2,(H2,21,26). The molecule has 0 spiro atoms. The number of likely N-dealkylation sites (tertiary alicyclic amines) is 1. The highest BCUT2D eigenvalue weighted by molar-refractivity contribution is 6.05. The Morgan fingerprint density at radius 2 is 2.23 bits per heavy atom. The second-order valence-corrected chi connectivity index (χ2v) is 8.23. The molecule has 3 N–H and O–H groups in total. The van der Waals surface area contributed by atoms with Crippen molar-refractivity contribution in [3.63, 3.8) is 0 Å². The van der Waals surface area contributed by atoms with E-state index in [1.165, 1.54) is 49.9 Å². The first-order valence-electron chi connectivity index (χ1n) is 9.30. The van der Waals surface area contributed by atoms with Crippen LogP contribution >= 0.6 is 0 Å². The molecule has 2 aliphatic carbocycles. The van der Waals surface area contributed by atoms with Gasteiger partial charge in [0.2, 0.25) is 0 Å². The number of carbonyl (C=O) groups is 1. The number of amides is 1. The summed E-state index contributed by atoms with van der Waals surface area (Å²) in [5.41, 5.74) is 8.96. The number of imidazole rings is 1. The average Bonchev–Trinajstić information content (AvgIpc) is 2.87. The molecule has 2 unspecified atom stereocenters. The van der Waals surface area contributed by atoms with Crippen LogP contribution < -0.4 is 5.73 Å². The van der Waals surface area contributed by atoms with E-state index in [4.69, 9.17) is 5.73 Å². The first-order chi connectivity index (χ1) is 12.6. The molecule has 2 saturated carbocycles. The Balaban J connectivity index is 1.50. The molecular weight excluding hydrogens is 333 g/mol. The number of aromatic nitrogens is 3. The molecule has 3 fully saturated rings. The fraction of sp³-hybridized carbons (Fsp3) is 0.474. The third-order valence-corrected chi connectivity index (χ3v) is 6.87. The molecule has 134 valence electrons. The molecule has 1 aromatic carbocycles. The summed E-state index contributed by atoms with van der Waals surface area (Å²) in [5, 5.41) is 4.54. The molecule has 2 atom stereocenters. The van der Waals surface area contributed by atoms with Crippen LogP contribution in [0.1, 0.15) is 41.6 Å². The lowest BCUT2D eigenvalue weighted by atomic mass is 9.90. The Kier molecular flexibility index (Phi) is 2.63. The lowest BCUT2D eigenvalue weighted by Gasteiger charge is -2.36. The van der Waals surface area contributed by atoms with E-state index in [1.54, 1.807) is 4.52 Å². The van der Waals surface area contributed by atoms with Gasteiger partial charge in [-0.2, -0.15) is 5.10 Å². The molecule has 6 rings (SSSR count). The number of piperidine rings is 1. The minimum absolute atomic E-state index is 0.156. The second-order valence-electron chi connectivity index (χ2n) is 8.23. The van der Waals surface area contributed by atoms with Crippen LogP contribution in [0.2, 0.25) is 0 Å². The van der Waals surface area contributed by atoms with Gasteiger partial charge in [0.15, 0.2) is 0 Å². The number of carbonyl (C=O) groups excluding carboxylic acids is 1. The molecule has 26 heavy (non-hydrogen) atoms. The van der Waals surface area contributed by atoms with Crippen LogP contribution in [0.4, 0.5) is 4.39 Å².